The van der Waals surface area contributed by atoms with E-state index in [0.717, 1.165) is 42.9 Å². The van der Waals surface area contributed by atoms with Crippen molar-refractivity contribution in [1.82, 2.24) is 14.9 Å². The van der Waals surface area contributed by atoms with Gasteiger partial charge in [-0.25, -0.2) is 4.98 Å². The third kappa shape index (κ3) is 3.55. The van der Waals surface area contributed by atoms with Crippen LogP contribution in [0.2, 0.25) is 0 Å². The van der Waals surface area contributed by atoms with Crippen molar-refractivity contribution in [2.75, 3.05) is 6.61 Å². The first kappa shape index (κ1) is 15.6. The first-order valence-corrected chi connectivity index (χ1v) is 8.27. The molecule has 1 aliphatic heterocycles. The smallest absolute Gasteiger partial charge is 0.271 e. The van der Waals surface area contributed by atoms with Crippen LogP contribution in [0, 0.1) is 0 Å². The molecule has 5 heteroatoms. The fraction of sp³-hybridized carbons (Fsp3) is 0.444. The molecule has 23 heavy (non-hydrogen) atoms. The van der Waals surface area contributed by atoms with Gasteiger partial charge in [0.15, 0.2) is 0 Å². The summed E-state index contributed by atoms with van der Waals surface area (Å²) in [6, 6.07) is 7.74. The Morgan fingerprint density at radius 3 is 2.83 bits per heavy atom. The Morgan fingerprint density at radius 2 is 2.13 bits per heavy atom. The van der Waals surface area contributed by atoms with Gasteiger partial charge < -0.3 is 14.6 Å². The Labute approximate surface area is 136 Å². The molecule has 0 fully saturated rings. The van der Waals surface area contributed by atoms with E-state index in [1.165, 1.54) is 0 Å². The van der Waals surface area contributed by atoms with Crippen molar-refractivity contribution in [3.63, 3.8) is 0 Å². The number of amides is 1. The maximum absolute atomic E-state index is 12.4. The summed E-state index contributed by atoms with van der Waals surface area (Å²) in [5, 5.41) is 3.02. The van der Waals surface area contributed by atoms with Crippen molar-refractivity contribution in [2.45, 2.75) is 45.7 Å². The molecule has 3 rings (SSSR count). The van der Waals surface area contributed by atoms with E-state index in [-0.39, 0.29) is 11.9 Å². The number of rotatable bonds is 5. The zero-order chi connectivity index (χ0) is 16.2. The summed E-state index contributed by atoms with van der Waals surface area (Å²) >= 11 is 0. The molecular weight excluding hydrogens is 290 g/mol. The average Bonchev–Trinajstić information content (AvgIpc) is 3.00. The van der Waals surface area contributed by atoms with Gasteiger partial charge in [-0.15, -0.1) is 0 Å². The molecule has 2 aromatic rings. The summed E-state index contributed by atoms with van der Waals surface area (Å²) in [7, 11) is 0. The van der Waals surface area contributed by atoms with E-state index in [2.05, 4.69) is 14.9 Å². The number of nitrogens with zero attached hydrogens (tertiary/aromatic N) is 2. The Kier molecular flexibility index (Phi) is 4.65. The number of hydrogen-bond donors (Lipinski definition) is 1. The van der Waals surface area contributed by atoms with E-state index in [0.29, 0.717) is 12.3 Å². The third-order valence-corrected chi connectivity index (χ3v) is 4.18. The van der Waals surface area contributed by atoms with Crippen LogP contribution in [-0.2, 0) is 13.0 Å². The number of imidazole rings is 1. The third-order valence-electron chi connectivity index (χ3n) is 4.18. The minimum absolute atomic E-state index is 0.0723. The number of nitrogens with one attached hydrogen (secondary N) is 1. The molecule has 0 saturated carbocycles. The fourth-order valence-corrected chi connectivity index (χ4v) is 2.90. The number of hydrogen-bond acceptors (Lipinski definition) is 3. The van der Waals surface area contributed by atoms with Gasteiger partial charge in [-0.3, -0.25) is 4.79 Å². The molecule has 1 aromatic heterocycles. The lowest BCUT2D eigenvalue weighted by molar-refractivity contribution is 0.0935. The lowest BCUT2D eigenvalue weighted by Crippen LogP contribution is -2.27. The Bertz CT molecular complexity index is 653. The number of ether oxygens (including phenoxy) is 1. The number of fused-ring (bicyclic) bond motifs is 1. The lowest BCUT2D eigenvalue weighted by Gasteiger charge is -2.14. The van der Waals surface area contributed by atoms with Crippen LogP contribution in [0.3, 0.4) is 0 Å². The van der Waals surface area contributed by atoms with Gasteiger partial charge in [0.2, 0.25) is 0 Å². The monoisotopic (exact) mass is 313 g/mol. The molecule has 2 heterocycles. The molecule has 0 saturated heterocycles. The van der Waals surface area contributed by atoms with Crippen molar-refractivity contribution >= 4 is 5.91 Å². The SMILES string of the molecule is CCOc1ccc(C(C)NC(=O)c2cn3c(n2)CCCC3)cc1. The summed E-state index contributed by atoms with van der Waals surface area (Å²) in [4.78, 5) is 16.9. The predicted molar refractivity (Wildman–Crippen MR) is 88.7 cm³/mol. The highest BCUT2D eigenvalue weighted by molar-refractivity contribution is 5.92. The molecule has 0 spiro atoms. The van der Waals surface area contributed by atoms with Crippen molar-refractivity contribution < 1.29 is 9.53 Å². The number of carbonyl (C=O) groups excluding carboxylic acids is 1. The first-order chi connectivity index (χ1) is 11.2. The van der Waals surface area contributed by atoms with E-state index in [1.54, 1.807) is 0 Å². The van der Waals surface area contributed by atoms with Gasteiger partial charge in [0.25, 0.3) is 5.91 Å². The van der Waals surface area contributed by atoms with E-state index in [9.17, 15) is 4.79 Å². The molecule has 1 aromatic carbocycles. The second-order valence-electron chi connectivity index (χ2n) is 5.89. The quantitative estimate of drug-likeness (QED) is 0.923. The molecule has 1 N–H and O–H groups in total. The fourth-order valence-electron chi connectivity index (χ4n) is 2.90. The average molecular weight is 313 g/mol. The van der Waals surface area contributed by atoms with Gasteiger partial charge in [0.1, 0.15) is 17.3 Å². The van der Waals surface area contributed by atoms with Crippen LogP contribution < -0.4 is 10.1 Å². The van der Waals surface area contributed by atoms with Crippen LogP contribution in [0.1, 0.15) is 54.6 Å². The second kappa shape index (κ2) is 6.86. The van der Waals surface area contributed by atoms with E-state index < -0.39 is 0 Å². The minimum Gasteiger partial charge on any atom is -0.494 e. The normalized spacial score (nSPS) is 14.9. The van der Waals surface area contributed by atoms with Gasteiger partial charge in [0.05, 0.1) is 12.6 Å². The van der Waals surface area contributed by atoms with Gasteiger partial charge in [-0.05, 0) is 44.4 Å². The Balaban J connectivity index is 1.65. The molecule has 0 aliphatic carbocycles. The Morgan fingerprint density at radius 1 is 1.35 bits per heavy atom. The van der Waals surface area contributed by atoms with E-state index in [4.69, 9.17) is 4.74 Å². The van der Waals surface area contributed by atoms with E-state index in [1.807, 2.05) is 44.3 Å². The van der Waals surface area contributed by atoms with Crippen LogP contribution in [-0.4, -0.2) is 22.1 Å². The number of aryl methyl sites for hydroxylation is 2. The van der Waals surface area contributed by atoms with Crippen molar-refractivity contribution in [2.24, 2.45) is 0 Å². The molecule has 1 aliphatic rings. The molecule has 5 nitrogen and oxygen atoms in total. The highest BCUT2D eigenvalue weighted by Crippen LogP contribution is 2.19. The van der Waals surface area contributed by atoms with Crippen LogP contribution in [0.5, 0.6) is 5.75 Å². The summed E-state index contributed by atoms with van der Waals surface area (Å²) in [6.07, 6.45) is 5.14. The molecule has 0 radical (unpaired) electrons. The largest absolute Gasteiger partial charge is 0.494 e. The molecule has 0 bridgehead atoms. The van der Waals surface area contributed by atoms with Crippen molar-refractivity contribution in [1.29, 1.82) is 0 Å². The van der Waals surface area contributed by atoms with Crippen LogP contribution in [0.15, 0.2) is 30.5 Å². The van der Waals surface area contributed by atoms with Gasteiger partial charge in [0, 0.05) is 19.2 Å². The molecule has 122 valence electrons. The number of carbonyl (C=O) groups is 1. The molecule has 1 unspecified atom stereocenters. The van der Waals surface area contributed by atoms with Crippen molar-refractivity contribution in [3.05, 3.63) is 47.5 Å². The zero-order valence-corrected chi connectivity index (χ0v) is 13.7. The zero-order valence-electron chi connectivity index (χ0n) is 13.7. The highest BCUT2D eigenvalue weighted by atomic mass is 16.5. The van der Waals surface area contributed by atoms with Gasteiger partial charge in [-0.2, -0.15) is 0 Å². The maximum Gasteiger partial charge on any atom is 0.271 e. The lowest BCUT2D eigenvalue weighted by atomic mass is 10.1. The molecule has 1 atom stereocenters. The number of benzene rings is 1. The minimum atomic E-state index is -0.117. The second-order valence-corrected chi connectivity index (χ2v) is 5.89. The van der Waals surface area contributed by atoms with Crippen LogP contribution in [0.25, 0.3) is 0 Å². The first-order valence-electron chi connectivity index (χ1n) is 8.27. The summed E-state index contributed by atoms with van der Waals surface area (Å²) in [5.74, 6) is 1.75. The topological polar surface area (TPSA) is 56.1 Å². The maximum atomic E-state index is 12.4. The highest BCUT2D eigenvalue weighted by Gasteiger charge is 2.18. The molecular formula is C18H23N3O2. The van der Waals surface area contributed by atoms with Crippen LogP contribution >= 0.6 is 0 Å². The predicted octanol–water partition coefficient (Wildman–Crippen LogP) is 3.11. The van der Waals surface area contributed by atoms with Gasteiger partial charge >= 0.3 is 0 Å². The van der Waals surface area contributed by atoms with Gasteiger partial charge in [-0.1, -0.05) is 12.1 Å². The molecule has 1 amide bonds. The van der Waals surface area contributed by atoms with E-state index >= 15 is 0 Å². The summed E-state index contributed by atoms with van der Waals surface area (Å²) in [6.45, 7) is 5.55. The summed E-state index contributed by atoms with van der Waals surface area (Å²) < 4.78 is 7.53. The summed E-state index contributed by atoms with van der Waals surface area (Å²) in [5.41, 5.74) is 1.56. The van der Waals surface area contributed by atoms with Crippen molar-refractivity contribution in [3.8, 4) is 5.75 Å². The Hall–Kier alpha value is -2.30. The van der Waals surface area contributed by atoms with Crippen LogP contribution in [0.4, 0.5) is 0 Å². The standard InChI is InChI=1S/C18H23N3O2/c1-3-23-15-9-7-14(8-10-15)13(2)19-18(22)16-12-21-11-5-4-6-17(21)20-16/h7-10,12-13H,3-6,11H2,1-2H3,(H,19,22). The number of aromatic nitrogens is 2.